The topological polar surface area (TPSA) is 104 Å². The van der Waals surface area contributed by atoms with Crippen molar-refractivity contribution in [3.63, 3.8) is 0 Å². The number of methoxy groups -OCH3 is 1. The number of nitrogens with zero attached hydrogens (tertiary/aromatic N) is 2. The van der Waals surface area contributed by atoms with Crippen LogP contribution in [0.3, 0.4) is 0 Å². The number of nitriles is 2. The molecule has 0 aromatic heterocycles. The van der Waals surface area contributed by atoms with Gasteiger partial charge in [0.1, 0.15) is 6.04 Å². The molecule has 19 heavy (non-hydrogen) atoms. The van der Waals surface area contributed by atoms with E-state index in [-0.39, 0.29) is 26.1 Å². The summed E-state index contributed by atoms with van der Waals surface area (Å²) in [5, 5.41) is 19.7. The lowest BCUT2D eigenvalue weighted by atomic mass is 10.4. The van der Waals surface area contributed by atoms with E-state index in [0.29, 0.717) is 0 Å². The molecule has 9 heteroatoms. The normalized spacial score (nSPS) is 12.2. The zero-order valence-corrected chi connectivity index (χ0v) is 12.5. The molecule has 0 aromatic rings. The van der Waals surface area contributed by atoms with Gasteiger partial charge in [0.15, 0.2) is 0 Å². The molecule has 0 spiro atoms. The number of carbonyl (C=O) groups is 1. The zero-order valence-electron chi connectivity index (χ0n) is 10.8. The molecule has 106 valence electrons. The summed E-state index contributed by atoms with van der Waals surface area (Å²) in [6, 6.07) is 3.13. The highest BCUT2D eigenvalue weighted by Gasteiger charge is 2.25. The van der Waals surface area contributed by atoms with Crippen molar-refractivity contribution in [1.82, 2.24) is 5.09 Å². The van der Waals surface area contributed by atoms with E-state index in [1.54, 1.807) is 6.92 Å². The van der Waals surface area contributed by atoms with Crippen molar-refractivity contribution in [3.8, 4) is 12.1 Å². The minimum atomic E-state index is -2.92. The molecular formula is C10H16N3O4PS. The molecule has 0 radical (unpaired) electrons. The van der Waals surface area contributed by atoms with Crippen molar-refractivity contribution in [2.24, 2.45) is 0 Å². The molecule has 0 saturated carbocycles. The highest BCUT2D eigenvalue weighted by molar-refractivity contribution is 8.09. The van der Waals surface area contributed by atoms with Crippen LogP contribution in [0.15, 0.2) is 0 Å². The second-order valence-electron chi connectivity index (χ2n) is 3.35. The number of nitrogens with one attached hydrogen (secondary N) is 1. The third kappa shape index (κ3) is 7.89. The highest BCUT2D eigenvalue weighted by Crippen LogP contribution is 2.44. The third-order valence-electron chi connectivity index (χ3n) is 1.86. The van der Waals surface area contributed by atoms with Gasteiger partial charge in [0.25, 0.3) is 6.64 Å². The third-order valence-corrected chi connectivity index (χ3v) is 4.55. The van der Waals surface area contributed by atoms with Crippen molar-refractivity contribution in [1.29, 1.82) is 10.5 Å². The van der Waals surface area contributed by atoms with E-state index in [4.69, 9.17) is 31.4 Å². The second kappa shape index (κ2) is 9.85. The lowest BCUT2D eigenvalue weighted by Gasteiger charge is -2.24. The molecule has 0 amide bonds. The molecule has 0 aliphatic carbocycles. The standard InChI is InChI=1S/C10H16N3O4PS/c1-9(10(14)15-2)13-18(19,16-7-3-5-11)17-8-4-6-12/h9H,3-4,7-8H2,1-2H3,(H,13,19)/t9-/m0/s1. The van der Waals surface area contributed by atoms with Crippen LogP contribution < -0.4 is 5.09 Å². The van der Waals surface area contributed by atoms with Crippen LogP contribution in [-0.4, -0.2) is 32.3 Å². The lowest BCUT2D eigenvalue weighted by molar-refractivity contribution is -0.142. The SMILES string of the molecule is COC(=O)[C@H](C)NP(=S)(OCCC#N)OCCC#N. The van der Waals surface area contributed by atoms with Gasteiger partial charge in [-0.1, -0.05) is 0 Å². The van der Waals surface area contributed by atoms with E-state index in [9.17, 15) is 4.79 Å². The summed E-state index contributed by atoms with van der Waals surface area (Å²) >= 11 is 5.20. The number of carbonyl (C=O) groups excluding carboxylic acids is 1. The Hall–Kier alpha value is -1.02. The molecule has 0 aliphatic heterocycles. The fourth-order valence-corrected chi connectivity index (χ4v) is 3.39. The van der Waals surface area contributed by atoms with E-state index < -0.39 is 18.7 Å². The smallest absolute Gasteiger partial charge is 0.323 e. The van der Waals surface area contributed by atoms with Gasteiger partial charge in [-0.05, 0) is 18.7 Å². The van der Waals surface area contributed by atoms with Crippen LogP contribution in [0.5, 0.6) is 0 Å². The molecule has 1 N–H and O–H groups in total. The predicted molar refractivity (Wildman–Crippen MR) is 71.3 cm³/mol. The summed E-state index contributed by atoms with van der Waals surface area (Å²) in [6.45, 7) is -1.16. The van der Waals surface area contributed by atoms with Crippen LogP contribution >= 0.6 is 6.64 Å². The minimum absolute atomic E-state index is 0.0984. The first-order valence-corrected chi connectivity index (χ1v) is 8.11. The largest absolute Gasteiger partial charge is 0.468 e. The van der Waals surface area contributed by atoms with Gasteiger partial charge in [-0.15, -0.1) is 0 Å². The Bertz CT molecular complexity index is 394. The Balaban J connectivity index is 4.56. The van der Waals surface area contributed by atoms with Gasteiger partial charge < -0.3 is 13.8 Å². The fraction of sp³-hybridized carbons (Fsp3) is 0.700. The molecule has 0 aliphatic rings. The van der Waals surface area contributed by atoms with Crippen molar-refractivity contribution >= 4 is 24.4 Å². The second-order valence-corrected chi connectivity index (χ2v) is 6.57. The first-order valence-electron chi connectivity index (χ1n) is 5.47. The molecular weight excluding hydrogens is 289 g/mol. The maximum Gasteiger partial charge on any atom is 0.323 e. The van der Waals surface area contributed by atoms with Crippen LogP contribution in [0.4, 0.5) is 0 Å². The molecule has 1 atom stereocenters. The Labute approximate surface area is 117 Å². The summed E-state index contributed by atoms with van der Waals surface area (Å²) in [7, 11) is 1.26. The van der Waals surface area contributed by atoms with Crippen molar-refractivity contribution in [2.75, 3.05) is 20.3 Å². The quantitative estimate of drug-likeness (QED) is 0.385. The van der Waals surface area contributed by atoms with Crippen LogP contribution in [0, 0.1) is 22.7 Å². The summed E-state index contributed by atoms with van der Waals surface area (Å²) in [4.78, 5) is 11.3. The summed E-state index contributed by atoms with van der Waals surface area (Å²) in [5.74, 6) is -0.498. The number of rotatable bonds is 9. The van der Waals surface area contributed by atoms with Crippen LogP contribution in [0.1, 0.15) is 19.8 Å². The van der Waals surface area contributed by atoms with E-state index in [2.05, 4.69) is 9.82 Å². The maximum atomic E-state index is 11.3. The number of ether oxygens (including phenoxy) is 1. The zero-order chi connectivity index (χ0) is 14.7. The summed E-state index contributed by atoms with van der Waals surface area (Å²) in [6.07, 6.45) is 0.322. The lowest BCUT2D eigenvalue weighted by Crippen LogP contribution is -2.33. The van der Waals surface area contributed by atoms with Gasteiger partial charge >= 0.3 is 5.97 Å². The molecule has 0 bridgehead atoms. The summed E-state index contributed by atoms with van der Waals surface area (Å²) < 4.78 is 15.2. The average Bonchev–Trinajstić information content (AvgIpc) is 2.38. The Morgan fingerprint density at radius 3 is 2.16 bits per heavy atom. The predicted octanol–water partition coefficient (Wildman–Crippen LogP) is 1.22. The minimum Gasteiger partial charge on any atom is -0.468 e. The Kier molecular flexibility index (Phi) is 9.32. The van der Waals surface area contributed by atoms with E-state index in [1.165, 1.54) is 7.11 Å². The number of esters is 1. The van der Waals surface area contributed by atoms with Gasteiger partial charge in [-0.2, -0.15) is 10.5 Å². The Morgan fingerprint density at radius 1 is 1.32 bits per heavy atom. The molecule has 0 saturated heterocycles. The van der Waals surface area contributed by atoms with Crippen molar-refractivity contribution in [2.45, 2.75) is 25.8 Å². The Morgan fingerprint density at radius 2 is 1.79 bits per heavy atom. The van der Waals surface area contributed by atoms with Gasteiger partial charge in [-0.3, -0.25) is 4.79 Å². The number of hydrogen-bond acceptors (Lipinski definition) is 7. The van der Waals surface area contributed by atoms with Crippen LogP contribution in [0.2, 0.25) is 0 Å². The monoisotopic (exact) mass is 305 g/mol. The highest BCUT2D eigenvalue weighted by atomic mass is 32.5. The number of hydrogen-bond donors (Lipinski definition) is 1. The van der Waals surface area contributed by atoms with E-state index >= 15 is 0 Å². The van der Waals surface area contributed by atoms with Gasteiger partial charge in [0, 0.05) is 0 Å². The van der Waals surface area contributed by atoms with Crippen molar-refractivity contribution < 1.29 is 18.6 Å². The van der Waals surface area contributed by atoms with Gasteiger partial charge in [-0.25, -0.2) is 5.09 Å². The van der Waals surface area contributed by atoms with Crippen LogP contribution in [-0.2, 0) is 30.4 Å². The first kappa shape index (κ1) is 18.0. The maximum absolute atomic E-state index is 11.3. The molecule has 0 unspecified atom stereocenters. The average molecular weight is 305 g/mol. The van der Waals surface area contributed by atoms with Gasteiger partial charge in [0.05, 0.1) is 45.3 Å². The summed E-state index contributed by atoms with van der Waals surface area (Å²) in [5.41, 5.74) is 0. The van der Waals surface area contributed by atoms with Crippen LogP contribution in [0.25, 0.3) is 0 Å². The molecule has 7 nitrogen and oxygen atoms in total. The fourth-order valence-electron chi connectivity index (χ4n) is 1.00. The van der Waals surface area contributed by atoms with Gasteiger partial charge in [0.2, 0.25) is 0 Å². The molecule has 0 aromatic carbocycles. The van der Waals surface area contributed by atoms with Crippen molar-refractivity contribution in [3.05, 3.63) is 0 Å². The van der Waals surface area contributed by atoms with E-state index in [1.807, 2.05) is 12.1 Å². The molecule has 0 fully saturated rings. The van der Waals surface area contributed by atoms with E-state index in [0.717, 1.165) is 0 Å². The molecule has 0 heterocycles. The first-order chi connectivity index (χ1) is 8.99. The molecule has 0 rings (SSSR count).